The molecule has 208 valence electrons. The second-order valence-electron chi connectivity index (χ2n) is 10.1. The highest BCUT2D eigenvalue weighted by atomic mass is 32.2. The van der Waals surface area contributed by atoms with Crippen molar-refractivity contribution < 1.29 is 18.0 Å². The summed E-state index contributed by atoms with van der Waals surface area (Å²) in [6.07, 6.45) is 2.00. The van der Waals surface area contributed by atoms with Gasteiger partial charge in [0.15, 0.2) is 0 Å². The Labute approximate surface area is 232 Å². The molecule has 2 amide bonds. The first-order valence-electron chi connectivity index (χ1n) is 13.2. The van der Waals surface area contributed by atoms with E-state index in [9.17, 15) is 18.0 Å². The number of sulfonamides is 1. The van der Waals surface area contributed by atoms with Gasteiger partial charge in [-0.3, -0.25) is 13.9 Å². The molecule has 0 heterocycles. The summed E-state index contributed by atoms with van der Waals surface area (Å²) in [5.41, 5.74) is 4.08. The number of benzene rings is 3. The zero-order valence-corrected chi connectivity index (χ0v) is 24.2. The zero-order chi connectivity index (χ0) is 28.6. The monoisotopic (exact) mass is 549 g/mol. The normalized spacial score (nSPS) is 12.2. The maximum atomic E-state index is 14.1. The van der Waals surface area contributed by atoms with Crippen LogP contribution in [0.2, 0.25) is 0 Å². The van der Waals surface area contributed by atoms with E-state index in [-0.39, 0.29) is 18.5 Å². The van der Waals surface area contributed by atoms with Crippen LogP contribution >= 0.6 is 0 Å². The number of hydrogen-bond acceptors (Lipinski definition) is 4. The molecule has 0 radical (unpaired) electrons. The summed E-state index contributed by atoms with van der Waals surface area (Å²) in [4.78, 5) is 29.2. The highest BCUT2D eigenvalue weighted by Gasteiger charge is 2.33. The topological polar surface area (TPSA) is 86.8 Å². The van der Waals surface area contributed by atoms with Crippen LogP contribution in [0.25, 0.3) is 0 Å². The molecule has 0 fully saturated rings. The Bertz CT molecular complexity index is 1370. The minimum absolute atomic E-state index is 0.129. The van der Waals surface area contributed by atoms with Gasteiger partial charge in [0.2, 0.25) is 21.8 Å². The van der Waals surface area contributed by atoms with Crippen molar-refractivity contribution in [1.29, 1.82) is 0 Å². The molecule has 0 bridgehead atoms. The van der Waals surface area contributed by atoms with Gasteiger partial charge >= 0.3 is 0 Å². The molecular formula is C31H39N3O4S. The largest absolute Gasteiger partial charge is 0.352 e. The van der Waals surface area contributed by atoms with Gasteiger partial charge < -0.3 is 10.2 Å². The average Bonchev–Trinajstić information content (AvgIpc) is 2.88. The third-order valence-corrected chi connectivity index (χ3v) is 7.58. The average molecular weight is 550 g/mol. The summed E-state index contributed by atoms with van der Waals surface area (Å²) in [5.74, 6) is -0.734. The molecule has 3 aromatic carbocycles. The van der Waals surface area contributed by atoms with Crippen molar-refractivity contribution in [1.82, 2.24) is 10.2 Å². The van der Waals surface area contributed by atoms with E-state index < -0.39 is 28.5 Å². The number of anilines is 1. The van der Waals surface area contributed by atoms with Gasteiger partial charge in [-0.25, -0.2) is 8.42 Å². The summed E-state index contributed by atoms with van der Waals surface area (Å²) in [6.45, 7) is 7.40. The van der Waals surface area contributed by atoms with Crippen LogP contribution < -0.4 is 9.62 Å². The van der Waals surface area contributed by atoms with E-state index in [0.717, 1.165) is 32.8 Å². The summed E-state index contributed by atoms with van der Waals surface area (Å²) < 4.78 is 27.1. The predicted octanol–water partition coefficient (Wildman–Crippen LogP) is 4.49. The SMILES string of the molecule is CCc1ccccc1N(CC(=O)N(Cc1cccc(C)c1)[C@H](Cc1ccccc1)C(=O)NC(C)C)S(C)(=O)=O. The van der Waals surface area contributed by atoms with Crippen LogP contribution in [0, 0.1) is 6.92 Å². The lowest BCUT2D eigenvalue weighted by molar-refractivity contribution is -0.140. The highest BCUT2D eigenvalue weighted by molar-refractivity contribution is 7.92. The second-order valence-corrected chi connectivity index (χ2v) is 12.0. The van der Waals surface area contributed by atoms with Gasteiger partial charge in [-0.1, -0.05) is 85.3 Å². The molecule has 0 aromatic heterocycles. The minimum Gasteiger partial charge on any atom is -0.352 e. The first-order valence-corrected chi connectivity index (χ1v) is 15.1. The number of rotatable bonds is 12. The van der Waals surface area contributed by atoms with Crippen molar-refractivity contribution in [3.8, 4) is 0 Å². The number of para-hydroxylation sites is 1. The van der Waals surface area contributed by atoms with Gasteiger partial charge in [-0.2, -0.15) is 0 Å². The quantitative estimate of drug-likeness (QED) is 0.361. The first-order chi connectivity index (χ1) is 18.5. The summed E-state index contributed by atoms with van der Waals surface area (Å²) in [5, 5.41) is 2.96. The van der Waals surface area contributed by atoms with Gasteiger partial charge in [0.05, 0.1) is 11.9 Å². The molecule has 0 spiro atoms. The van der Waals surface area contributed by atoms with Crippen LogP contribution in [0.5, 0.6) is 0 Å². The number of nitrogens with zero attached hydrogens (tertiary/aromatic N) is 2. The summed E-state index contributed by atoms with van der Waals surface area (Å²) >= 11 is 0. The van der Waals surface area contributed by atoms with Gasteiger partial charge in [-0.05, 0) is 49.9 Å². The molecule has 39 heavy (non-hydrogen) atoms. The number of aryl methyl sites for hydroxylation is 2. The Morgan fingerprint density at radius 3 is 2.15 bits per heavy atom. The molecule has 0 saturated heterocycles. The molecule has 0 aliphatic carbocycles. The number of nitrogens with one attached hydrogen (secondary N) is 1. The molecule has 1 N–H and O–H groups in total. The fourth-order valence-electron chi connectivity index (χ4n) is 4.59. The molecule has 7 nitrogen and oxygen atoms in total. The maximum Gasteiger partial charge on any atom is 0.244 e. The van der Waals surface area contributed by atoms with E-state index in [1.807, 2.05) is 94.4 Å². The van der Waals surface area contributed by atoms with Crippen LogP contribution in [0.1, 0.15) is 43.0 Å². The molecule has 0 aliphatic rings. The molecule has 1 atom stereocenters. The lowest BCUT2D eigenvalue weighted by Gasteiger charge is -2.34. The Kier molecular flexibility index (Phi) is 10.3. The van der Waals surface area contributed by atoms with Gasteiger partial charge in [0, 0.05) is 19.0 Å². The van der Waals surface area contributed by atoms with E-state index in [0.29, 0.717) is 18.5 Å². The highest BCUT2D eigenvalue weighted by Crippen LogP contribution is 2.24. The van der Waals surface area contributed by atoms with Crippen LogP contribution in [-0.4, -0.2) is 50.0 Å². The van der Waals surface area contributed by atoms with E-state index >= 15 is 0 Å². The van der Waals surface area contributed by atoms with Crippen molar-refractivity contribution in [3.63, 3.8) is 0 Å². The fraction of sp³-hybridized carbons (Fsp3) is 0.355. The molecular weight excluding hydrogens is 510 g/mol. The smallest absolute Gasteiger partial charge is 0.244 e. The lowest BCUT2D eigenvalue weighted by Crippen LogP contribution is -2.54. The van der Waals surface area contributed by atoms with E-state index in [1.54, 1.807) is 12.1 Å². The van der Waals surface area contributed by atoms with Crippen molar-refractivity contribution >= 4 is 27.5 Å². The zero-order valence-electron chi connectivity index (χ0n) is 23.4. The lowest BCUT2D eigenvalue weighted by atomic mass is 10.0. The van der Waals surface area contributed by atoms with Crippen molar-refractivity contribution in [2.75, 3.05) is 17.1 Å². The Balaban J connectivity index is 2.08. The first kappa shape index (κ1) is 29.9. The molecule has 8 heteroatoms. The summed E-state index contributed by atoms with van der Waals surface area (Å²) in [7, 11) is -3.80. The van der Waals surface area contributed by atoms with Gasteiger partial charge in [-0.15, -0.1) is 0 Å². The van der Waals surface area contributed by atoms with Crippen LogP contribution in [0.3, 0.4) is 0 Å². The Morgan fingerprint density at radius 2 is 1.54 bits per heavy atom. The molecule has 0 saturated carbocycles. The van der Waals surface area contributed by atoms with E-state index in [4.69, 9.17) is 0 Å². The minimum atomic E-state index is -3.80. The number of carbonyl (C=O) groups excluding carboxylic acids is 2. The third-order valence-electron chi connectivity index (χ3n) is 6.46. The van der Waals surface area contributed by atoms with Crippen molar-refractivity contribution in [2.24, 2.45) is 0 Å². The predicted molar refractivity (Wildman–Crippen MR) is 157 cm³/mol. The van der Waals surface area contributed by atoms with Crippen LogP contribution in [0.4, 0.5) is 5.69 Å². The van der Waals surface area contributed by atoms with E-state index in [2.05, 4.69) is 5.32 Å². The molecule has 0 aliphatic heterocycles. The van der Waals surface area contributed by atoms with Crippen LogP contribution in [-0.2, 0) is 39.0 Å². The maximum absolute atomic E-state index is 14.1. The standard InChI is InChI=1S/C31H39N3O4S/c1-6-27-17-10-11-18-28(27)34(39(5,37)38)22-30(35)33(21-26-16-12-13-24(4)19-26)29(31(36)32-23(2)3)20-25-14-8-7-9-15-25/h7-19,23,29H,6,20-22H2,1-5H3,(H,32,36)/t29-/m1/s1. The molecule has 3 aromatic rings. The number of carbonyl (C=O) groups is 2. The Hall–Kier alpha value is -3.65. The fourth-order valence-corrected chi connectivity index (χ4v) is 5.47. The van der Waals surface area contributed by atoms with Crippen LogP contribution in [0.15, 0.2) is 78.9 Å². The summed E-state index contributed by atoms with van der Waals surface area (Å²) in [6, 6.07) is 23.5. The molecule has 0 unspecified atom stereocenters. The van der Waals surface area contributed by atoms with Crippen molar-refractivity contribution in [3.05, 3.63) is 101 Å². The number of amides is 2. The van der Waals surface area contributed by atoms with Gasteiger partial charge in [0.25, 0.3) is 0 Å². The number of hydrogen-bond donors (Lipinski definition) is 1. The van der Waals surface area contributed by atoms with E-state index in [1.165, 1.54) is 4.90 Å². The van der Waals surface area contributed by atoms with Gasteiger partial charge in [0.1, 0.15) is 12.6 Å². The van der Waals surface area contributed by atoms with Crippen molar-refractivity contribution in [2.45, 2.75) is 59.2 Å². The molecule has 3 rings (SSSR count). The second kappa shape index (κ2) is 13.4. The Morgan fingerprint density at radius 1 is 0.897 bits per heavy atom. The third kappa shape index (κ3) is 8.42.